The first kappa shape index (κ1) is 11.2. The summed E-state index contributed by atoms with van der Waals surface area (Å²) in [5.74, 6) is 0. The fourth-order valence-corrected chi connectivity index (χ4v) is 1.11. The van der Waals surface area contributed by atoms with E-state index in [1.54, 1.807) is 11.8 Å². The number of nitrogens with two attached hydrogens (primary N) is 1. The van der Waals surface area contributed by atoms with Crippen LogP contribution in [0.25, 0.3) is 0 Å². The molecule has 0 spiro atoms. The Bertz CT molecular complexity index is 220. The van der Waals surface area contributed by atoms with Crippen LogP contribution in [0.5, 0.6) is 0 Å². The number of anilines is 1. The summed E-state index contributed by atoms with van der Waals surface area (Å²) in [6, 6.07) is 7.85. The maximum Gasteiger partial charge on any atom is 0.0325 e. The van der Waals surface area contributed by atoms with Gasteiger partial charge in [0.25, 0.3) is 0 Å². The zero-order valence-corrected chi connectivity index (χ0v) is 7.41. The molecule has 1 rings (SSSR count). The maximum absolute atomic E-state index is 6.62. The van der Waals surface area contributed by atoms with E-state index in [4.69, 9.17) is 16.2 Å². The second kappa shape index (κ2) is 6.93. The summed E-state index contributed by atoms with van der Waals surface area (Å²) < 4.78 is 0. The zero-order valence-electron chi connectivity index (χ0n) is 6.60. The van der Waals surface area contributed by atoms with Crippen LogP contribution in [0.1, 0.15) is 0 Å². The minimum Gasteiger partial charge on any atom is -0.399 e. The molecule has 12 heavy (non-hydrogen) atoms. The van der Waals surface area contributed by atoms with E-state index in [0.29, 0.717) is 0 Å². The van der Waals surface area contributed by atoms with E-state index in [0.717, 1.165) is 5.69 Å². The third kappa shape index (κ3) is 4.97. The molecule has 0 atom stereocenters. The van der Waals surface area contributed by atoms with Crippen molar-refractivity contribution in [1.29, 1.82) is 0 Å². The third-order valence-corrected chi connectivity index (χ3v) is 1.82. The Balaban J connectivity index is 0.000000354. The molecule has 0 unspecified atom stereocenters. The highest BCUT2D eigenvalue weighted by atomic mass is 32.2. The van der Waals surface area contributed by atoms with Crippen LogP contribution >= 0.6 is 11.8 Å². The van der Waals surface area contributed by atoms with Gasteiger partial charge in [-0.15, -0.1) is 11.8 Å². The number of rotatable bonds is 1. The molecule has 4 N–H and O–H groups in total. The molecule has 0 aliphatic heterocycles. The molecule has 0 heterocycles. The summed E-state index contributed by atoms with van der Waals surface area (Å²) in [7, 11) is 0. The maximum atomic E-state index is 6.62. The first-order valence-electron chi connectivity index (χ1n) is 3.09. The van der Waals surface area contributed by atoms with Gasteiger partial charge in [-0.1, -0.05) is 11.1 Å². The standard InChI is InChI=1S/C7H9NS.H2O3/c1-9-7-4-2-3-6(8)5-7;1-3-2/h2-5H,8H2,1H3;1-2H. The average molecular weight is 189 g/mol. The van der Waals surface area contributed by atoms with E-state index >= 15 is 0 Å². The molecule has 0 amide bonds. The molecule has 0 aliphatic carbocycles. The summed E-state index contributed by atoms with van der Waals surface area (Å²) >= 11 is 1.70. The van der Waals surface area contributed by atoms with E-state index in [-0.39, 0.29) is 0 Å². The van der Waals surface area contributed by atoms with Crippen molar-refractivity contribution in [2.45, 2.75) is 4.90 Å². The van der Waals surface area contributed by atoms with Crippen LogP contribution in [0.3, 0.4) is 0 Å². The molecule has 0 saturated carbocycles. The minimum absolute atomic E-state index is 0.835. The number of thioether (sulfide) groups is 1. The van der Waals surface area contributed by atoms with Gasteiger partial charge in [0.2, 0.25) is 0 Å². The van der Waals surface area contributed by atoms with Gasteiger partial charge in [-0.25, -0.2) is 10.5 Å². The molecule has 5 heteroatoms. The van der Waals surface area contributed by atoms with Crippen molar-refractivity contribution in [3.05, 3.63) is 24.3 Å². The molecule has 1 aromatic carbocycles. The Kier molecular flexibility index (Phi) is 6.50. The Morgan fingerprint density at radius 1 is 1.42 bits per heavy atom. The van der Waals surface area contributed by atoms with Crippen molar-refractivity contribution in [2.75, 3.05) is 12.0 Å². The predicted molar refractivity (Wildman–Crippen MR) is 49.0 cm³/mol. The summed E-state index contributed by atoms with van der Waals surface area (Å²) in [4.78, 5) is 1.22. The Morgan fingerprint density at radius 3 is 2.33 bits per heavy atom. The molecule has 0 bridgehead atoms. The van der Waals surface area contributed by atoms with Crippen LogP contribution in [0.4, 0.5) is 5.69 Å². The summed E-state index contributed by atoms with van der Waals surface area (Å²) in [6.07, 6.45) is 2.04. The van der Waals surface area contributed by atoms with Gasteiger partial charge in [0, 0.05) is 10.6 Å². The number of hydrogen-bond acceptors (Lipinski definition) is 5. The molecule has 0 fully saturated rings. The summed E-state index contributed by atoms with van der Waals surface area (Å²) in [5.41, 5.74) is 6.36. The largest absolute Gasteiger partial charge is 0.399 e. The smallest absolute Gasteiger partial charge is 0.0325 e. The molecule has 68 valence electrons. The van der Waals surface area contributed by atoms with Gasteiger partial charge in [-0.2, -0.15) is 0 Å². The number of nitrogen functional groups attached to an aromatic ring is 1. The lowest BCUT2D eigenvalue weighted by Gasteiger charge is -1.94. The van der Waals surface area contributed by atoms with E-state index in [2.05, 4.69) is 5.04 Å². The van der Waals surface area contributed by atoms with Crippen molar-refractivity contribution >= 4 is 17.4 Å². The van der Waals surface area contributed by atoms with Crippen LogP contribution in [0, 0.1) is 0 Å². The molecule has 0 saturated heterocycles. The van der Waals surface area contributed by atoms with E-state index in [9.17, 15) is 0 Å². The van der Waals surface area contributed by atoms with Crippen LogP contribution < -0.4 is 5.73 Å². The molecule has 0 aromatic heterocycles. The fourth-order valence-electron chi connectivity index (χ4n) is 0.642. The van der Waals surface area contributed by atoms with Gasteiger partial charge < -0.3 is 5.73 Å². The van der Waals surface area contributed by atoms with Crippen molar-refractivity contribution in [3.8, 4) is 0 Å². The molecule has 0 radical (unpaired) electrons. The SMILES string of the molecule is CSc1cccc(N)c1.OOO. The lowest BCUT2D eigenvalue weighted by molar-refractivity contribution is -0.465. The van der Waals surface area contributed by atoms with Crippen molar-refractivity contribution in [2.24, 2.45) is 0 Å². The van der Waals surface area contributed by atoms with Gasteiger partial charge in [0.1, 0.15) is 0 Å². The lowest BCUT2D eigenvalue weighted by Crippen LogP contribution is -1.82. The molecular formula is C7H11NO3S. The zero-order chi connectivity index (χ0) is 9.40. The molecular weight excluding hydrogens is 178 g/mol. The number of hydrogen-bond donors (Lipinski definition) is 3. The van der Waals surface area contributed by atoms with Gasteiger partial charge in [0.05, 0.1) is 0 Å². The van der Waals surface area contributed by atoms with Gasteiger partial charge in [0.15, 0.2) is 0 Å². The lowest BCUT2D eigenvalue weighted by atomic mass is 10.3. The van der Waals surface area contributed by atoms with Crippen LogP contribution in [-0.4, -0.2) is 16.8 Å². The molecule has 0 aliphatic rings. The van der Waals surface area contributed by atoms with Gasteiger partial charge in [-0.3, -0.25) is 0 Å². The Hall–Kier alpha value is -0.750. The fraction of sp³-hybridized carbons (Fsp3) is 0.143. The van der Waals surface area contributed by atoms with E-state index < -0.39 is 0 Å². The van der Waals surface area contributed by atoms with Crippen molar-refractivity contribution < 1.29 is 15.6 Å². The van der Waals surface area contributed by atoms with Gasteiger partial charge >= 0.3 is 0 Å². The second-order valence-electron chi connectivity index (χ2n) is 1.86. The Labute approximate surface area is 74.8 Å². The first-order valence-corrected chi connectivity index (χ1v) is 4.31. The van der Waals surface area contributed by atoms with Gasteiger partial charge in [-0.05, 0) is 24.5 Å². The highest BCUT2D eigenvalue weighted by molar-refractivity contribution is 7.98. The topological polar surface area (TPSA) is 75.7 Å². The first-order chi connectivity index (χ1) is 5.74. The van der Waals surface area contributed by atoms with Crippen molar-refractivity contribution in [1.82, 2.24) is 0 Å². The average Bonchev–Trinajstić information content (AvgIpc) is 2.06. The highest BCUT2D eigenvalue weighted by Gasteiger charge is 1.86. The normalized spacial score (nSPS) is 8.58. The molecule has 1 aromatic rings. The predicted octanol–water partition coefficient (Wildman–Crippen LogP) is 1.94. The third-order valence-electron chi connectivity index (χ3n) is 1.09. The monoisotopic (exact) mass is 189 g/mol. The molecule has 4 nitrogen and oxygen atoms in total. The highest BCUT2D eigenvalue weighted by Crippen LogP contribution is 2.16. The summed E-state index contributed by atoms with van der Waals surface area (Å²) in [6.45, 7) is 0. The second-order valence-corrected chi connectivity index (χ2v) is 2.74. The summed E-state index contributed by atoms with van der Waals surface area (Å²) in [5, 5.41) is 15.5. The van der Waals surface area contributed by atoms with Crippen molar-refractivity contribution in [3.63, 3.8) is 0 Å². The quantitative estimate of drug-likeness (QED) is 0.272. The minimum atomic E-state index is 0.835. The Morgan fingerprint density at radius 2 is 2.00 bits per heavy atom. The van der Waals surface area contributed by atoms with E-state index in [1.807, 2.05) is 30.5 Å². The van der Waals surface area contributed by atoms with Crippen LogP contribution in [0.15, 0.2) is 29.2 Å². The number of benzene rings is 1. The van der Waals surface area contributed by atoms with E-state index in [1.165, 1.54) is 4.90 Å². The van der Waals surface area contributed by atoms with Crippen LogP contribution in [-0.2, 0) is 5.04 Å². The van der Waals surface area contributed by atoms with Crippen LogP contribution in [0.2, 0.25) is 0 Å².